The number of halogens is 2. The molecule has 19 heteroatoms. The maximum atomic E-state index is 13.8. The average Bonchev–Trinajstić information content (AvgIpc) is 3.68. The van der Waals surface area contributed by atoms with Gasteiger partial charge in [-0.3, -0.25) is 33.9 Å². The van der Waals surface area contributed by atoms with Gasteiger partial charge in [-0.25, -0.2) is 13.6 Å². The minimum absolute atomic E-state index is 0.0636. The first-order valence-electron chi connectivity index (χ1n) is 22.1. The molecule has 3 aromatic carbocycles. The Labute approximate surface area is 392 Å². The van der Waals surface area contributed by atoms with E-state index >= 15 is 0 Å². The number of alkyl halides is 2. The number of phenolic OH excluding ortho intramolecular Hbond substituents is 1. The van der Waals surface area contributed by atoms with E-state index in [-0.39, 0.29) is 58.3 Å². The number of aromatic nitrogens is 1. The third kappa shape index (κ3) is 9.78. The number of amides is 4. The van der Waals surface area contributed by atoms with Crippen LogP contribution >= 0.6 is 0 Å². The van der Waals surface area contributed by atoms with Gasteiger partial charge in [-0.2, -0.15) is 5.26 Å². The predicted molar refractivity (Wildman–Crippen MR) is 243 cm³/mol. The molecule has 0 unspecified atom stereocenters. The molecular formula is C50H43F2N7O10. The molecule has 69 heavy (non-hydrogen) atoms. The van der Waals surface area contributed by atoms with Crippen molar-refractivity contribution >= 4 is 40.6 Å². The van der Waals surface area contributed by atoms with Crippen LogP contribution in [0.3, 0.4) is 0 Å². The van der Waals surface area contributed by atoms with Crippen molar-refractivity contribution < 1.29 is 51.8 Å². The number of esters is 1. The van der Waals surface area contributed by atoms with Gasteiger partial charge in [0.15, 0.2) is 5.43 Å². The van der Waals surface area contributed by atoms with Crippen LogP contribution in [0.2, 0.25) is 0 Å². The molecule has 2 fully saturated rings. The molecule has 3 N–H and O–H groups in total. The average molecular weight is 940 g/mol. The molecule has 4 aliphatic heterocycles. The Hall–Kier alpha value is -8.24. The molecule has 1 aliphatic carbocycles. The number of nitrogens with zero attached hydrogens (tertiary/aromatic N) is 5. The number of pyridine rings is 1. The Morgan fingerprint density at radius 2 is 1.64 bits per heavy atom. The van der Waals surface area contributed by atoms with Crippen LogP contribution in [0.1, 0.15) is 49.5 Å². The summed E-state index contributed by atoms with van der Waals surface area (Å²) in [6.07, 6.45) is 2.88. The molecule has 1 aromatic heterocycles. The fourth-order valence-corrected chi connectivity index (χ4v) is 8.92. The summed E-state index contributed by atoms with van der Waals surface area (Å²) in [5, 5.41) is 25.2. The molecule has 4 aromatic rings. The fraction of sp³-hybridized carbons (Fsp3) is 0.280. The number of benzene rings is 4. The van der Waals surface area contributed by atoms with Gasteiger partial charge in [0.1, 0.15) is 35.5 Å². The Morgan fingerprint density at radius 1 is 0.870 bits per heavy atom. The zero-order valence-electron chi connectivity index (χ0n) is 36.8. The highest BCUT2D eigenvalue weighted by Gasteiger charge is 2.47. The van der Waals surface area contributed by atoms with Crippen LogP contribution in [0.25, 0.3) is 44.5 Å². The lowest BCUT2D eigenvalue weighted by atomic mass is 9.86. The smallest absolute Gasteiger partial charge is 0.339 e. The van der Waals surface area contributed by atoms with Crippen molar-refractivity contribution in [1.29, 1.82) is 5.26 Å². The predicted octanol–water partition coefficient (Wildman–Crippen LogP) is 4.84. The Bertz CT molecular complexity index is 3090. The Morgan fingerprint density at radius 3 is 2.42 bits per heavy atom. The standard InChI is InChI=1S/C50H43F2N7O10/c51-50(52)22-32(23-53)59(28-50)44(63)26-56-48(65)36-10-11-54-24-40(36)29-2-6-35(7-3-29)67-17-1-12-57-13-15-58(16-14-57)43(62)25-55-47(64)30-4-8-37-39(19-30)46-38-9-5-33(60)20-41(38)69-42-21-34(61)18-31(45(42)46)27-68-49(37)66/h2-11,18-21,24,32,60H,1,12-17,22,25-28H2,(H,55,64)(H,56,65)/t32-/m0/s1. The number of hydrogen-bond donors (Lipinski definition) is 3. The first kappa shape index (κ1) is 45.9. The van der Waals surface area contributed by atoms with E-state index in [4.69, 9.17) is 13.9 Å². The van der Waals surface area contributed by atoms with E-state index in [9.17, 15) is 47.9 Å². The molecular weight excluding hydrogens is 897 g/mol. The molecule has 17 nitrogen and oxygen atoms in total. The number of likely N-dealkylation sites (tertiary alicyclic amines) is 1. The van der Waals surface area contributed by atoms with Crippen molar-refractivity contribution in [2.45, 2.75) is 31.4 Å². The second kappa shape index (κ2) is 19.2. The van der Waals surface area contributed by atoms with Gasteiger partial charge in [-0.05, 0) is 72.1 Å². The maximum absolute atomic E-state index is 13.8. The zero-order valence-corrected chi connectivity index (χ0v) is 36.8. The Kier molecular flexibility index (Phi) is 12.7. The number of fused-ring (bicyclic) bond motifs is 4. The van der Waals surface area contributed by atoms with E-state index in [0.717, 1.165) is 11.4 Å². The summed E-state index contributed by atoms with van der Waals surface area (Å²) >= 11 is 0. The number of aromatic hydroxyl groups is 1. The number of ether oxygens (including phenoxy) is 2. The van der Waals surface area contributed by atoms with Crippen molar-refractivity contribution in [2.24, 2.45) is 0 Å². The van der Waals surface area contributed by atoms with Crippen molar-refractivity contribution in [1.82, 2.24) is 30.3 Å². The summed E-state index contributed by atoms with van der Waals surface area (Å²) in [5.74, 6) is -5.23. The van der Waals surface area contributed by atoms with Crippen LogP contribution in [0.5, 0.6) is 11.5 Å². The third-order valence-electron chi connectivity index (χ3n) is 12.4. The van der Waals surface area contributed by atoms with Gasteiger partial charge in [0, 0.05) is 96.9 Å². The maximum Gasteiger partial charge on any atom is 0.339 e. The number of carbonyl (C=O) groups is 5. The highest BCUT2D eigenvalue weighted by atomic mass is 19.3. The molecule has 1 atom stereocenters. The Balaban J connectivity index is 0.744. The van der Waals surface area contributed by atoms with Crippen LogP contribution in [0.4, 0.5) is 8.78 Å². The molecule has 9 rings (SSSR count). The summed E-state index contributed by atoms with van der Waals surface area (Å²) in [7, 11) is 0. The van der Waals surface area contributed by atoms with Gasteiger partial charge in [0.2, 0.25) is 11.8 Å². The summed E-state index contributed by atoms with van der Waals surface area (Å²) in [5.41, 5.74) is 3.49. The number of hydrogen-bond acceptors (Lipinski definition) is 13. The van der Waals surface area contributed by atoms with Crippen molar-refractivity contribution in [3.05, 3.63) is 124 Å². The van der Waals surface area contributed by atoms with E-state index in [1.165, 1.54) is 54.9 Å². The zero-order chi connectivity index (χ0) is 48.4. The highest BCUT2D eigenvalue weighted by molar-refractivity contribution is 6.11. The van der Waals surface area contributed by atoms with Gasteiger partial charge in [0.25, 0.3) is 17.7 Å². The molecule has 0 bridgehead atoms. The van der Waals surface area contributed by atoms with E-state index in [2.05, 4.69) is 20.5 Å². The van der Waals surface area contributed by atoms with Crippen LogP contribution in [0, 0.1) is 11.3 Å². The number of nitrogens with one attached hydrogen (secondary N) is 2. The van der Waals surface area contributed by atoms with E-state index < -0.39 is 55.2 Å². The van der Waals surface area contributed by atoms with Gasteiger partial charge in [0.05, 0.1) is 43.4 Å². The number of rotatable bonds is 12. The third-order valence-corrected chi connectivity index (χ3v) is 12.4. The summed E-state index contributed by atoms with van der Waals surface area (Å²) in [6.45, 7) is 1.45. The number of piperazine rings is 1. The van der Waals surface area contributed by atoms with Gasteiger partial charge in [-0.15, -0.1) is 0 Å². The monoisotopic (exact) mass is 939 g/mol. The fourth-order valence-electron chi connectivity index (χ4n) is 8.92. The van der Waals surface area contributed by atoms with Crippen LogP contribution in [-0.2, 0) is 20.9 Å². The van der Waals surface area contributed by atoms with Gasteiger partial charge < -0.3 is 39.4 Å². The molecule has 0 spiro atoms. The van der Waals surface area contributed by atoms with Gasteiger partial charge >= 0.3 is 5.97 Å². The first-order valence-corrected chi connectivity index (χ1v) is 22.1. The van der Waals surface area contributed by atoms with Crippen molar-refractivity contribution in [3.8, 4) is 51.1 Å². The minimum Gasteiger partial charge on any atom is -0.508 e. The summed E-state index contributed by atoms with van der Waals surface area (Å²) in [4.78, 5) is 87.2. The van der Waals surface area contributed by atoms with Crippen molar-refractivity contribution in [3.63, 3.8) is 0 Å². The largest absolute Gasteiger partial charge is 0.508 e. The molecule has 4 amide bonds. The normalized spacial score (nSPS) is 16.5. The van der Waals surface area contributed by atoms with Crippen LogP contribution in [0.15, 0.2) is 100 Å². The number of phenols is 1. The molecule has 5 aliphatic rings. The lowest BCUT2D eigenvalue weighted by Crippen LogP contribution is -2.51. The topological polar surface area (TPSA) is 225 Å². The molecule has 0 radical (unpaired) electrons. The number of nitriles is 1. The van der Waals surface area contributed by atoms with E-state index in [1.54, 1.807) is 47.4 Å². The van der Waals surface area contributed by atoms with Crippen LogP contribution < -0.4 is 20.8 Å². The summed E-state index contributed by atoms with van der Waals surface area (Å²) in [6, 6.07) is 20.7. The SMILES string of the molecule is N#C[C@@H]1CC(F)(F)CN1C(=O)CNC(=O)c1ccncc1-c1ccc(OCCCN2CCN(C(=O)CNC(=O)c3ccc4c(c3)-c3c5c(cc(=O)cc-5oc5cc(O)ccc35)COC4=O)CC2)cc1. The van der Waals surface area contributed by atoms with E-state index in [0.29, 0.717) is 83.7 Å². The molecule has 5 heterocycles. The number of carbonyl (C=O) groups excluding carboxylic acids is 5. The quantitative estimate of drug-likeness (QED) is 0.0850. The van der Waals surface area contributed by atoms with Crippen LogP contribution in [-0.4, -0.2) is 125 Å². The molecule has 352 valence electrons. The first-order chi connectivity index (χ1) is 33.2. The minimum atomic E-state index is -3.17. The highest BCUT2D eigenvalue weighted by Crippen LogP contribution is 2.45. The lowest BCUT2D eigenvalue weighted by Gasteiger charge is -2.34. The van der Waals surface area contributed by atoms with Gasteiger partial charge in [-0.1, -0.05) is 12.1 Å². The second-order valence-electron chi connectivity index (χ2n) is 16.9. The molecule has 0 saturated carbocycles. The second-order valence-corrected chi connectivity index (χ2v) is 16.9. The number of cyclic esters (lactones) is 1. The summed E-state index contributed by atoms with van der Waals surface area (Å²) < 4.78 is 45.2. The van der Waals surface area contributed by atoms with E-state index in [1.807, 2.05) is 0 Å². The molecule has 2 saturated heterocycles. The lowest BCUT2D eigenvalue weighted by molar-refractivity contribution is -0.132. The van der Waals surface area contributed by atoms with Crippen molar-refractivity contribution in [2.75, 3.05) is 59.0 Å².